The Bertz CT molecular complexity index is 153. The standard InChI is InChI=1S/C9H20OSi/c1-7-8(10)11(5,6)9(2,3)4/h7H2,1-6H3. The van der Waals surface area contributed by atoms with Crippen molar-refractivity contribution >= 4 is 13.5 Å². The highest BCUT2D eigenvalue weighted by Crippen LogP contribution is 2.36. The lowest BCUT2D eigenvalue weighted by atomic mass is 10.2. The molecule has 1 nitrogen and oxygen atoms in total. The third kappa shape index (κ3) is 2.16. The van der Waals surface area contributed by atoms with Crippen LogP contribution in [0.15, 0.2) is 0 Å². The second-order valence-corrected chi connectivity index (χ2v) is 9.96. The summed E-state index contributed by atoms with van der Waals surface area (Å²) >= 11 is 0. The van der Waals surface area contributed by atoms with Gasteiger partial charge in [-0.3, -0.25) is 0 Å². The normalized spacial score (nSPS) is 13.3. The van der Waals surface area contributed by atoms with Crippen LogP contribution in [0.3, 0.4) is 0 Å². The second-order valence-electron chi connectivity index (χ2n) is 4.65. The molecule has 0 saturated carbocycles. The minimum atomic E-state index is -1.65. The third-order valence-electron chi connectivity index (χ3n) is 2.89. The van der Waals surface area contributed by atoms with Crippen LogP contribution in [0.4, 0.5) is 0 Å². The Morgan fingerprint density at radius 2 is 1.64 bits per heavy atom. The fourth-order valence-electron chi connectivity index (χ4n) is 0.860. The zero-order chi connectivity index (χ0) is 9.28. The van der Waals surface area contributed by atoms with E-state index >= 15 is 0 Å². The molecule has 0 atom stereocenters. The highest BCUT2D eigenvalue weighted by molar-refractivity contribution is 7.06. The van der Waals surface area contributed by atoms with Crippen molar-refractivity contribution in [3.05, 3.63) is 0 Å². The van der Waals surface area contributed by atoms with E-state index in [1.807, 2.05) is 6.92 Å². The van der Waals surface area contributed by atoms with Gasteiger partial charge in [-0.2, -0.15) is 0 Å². The number of hydrogen-bond donors (Lipinski definition) is 0. The minimum absolute atomic E-state index is 0.208. The molecule has 0 fully saturated rings. The van der Waals surface area contributed by atoms with Crippen molar-refractivity contribution in [2.45, 2.75) is 52.2 Å². The van der Waals surface area contributed by atoms with Crippen LogP contribution in [0.1, 0.15) is 34.1 Å². The Labute approximate surface area is 71.2 Å². The summed E-state index contributed by atoms with van der Waals surface area (Å²) in [7, 11) is -1.65. The maximum atomic E-state index is 11.5. The van der Waals surface area contributed by atoms with Crippen molar-refractivity contribution < 1.29 is 4.79 Å². The first-order valence-corrected chi connectivity index (χ1v) is 7.26. The molecule has 0 aromatic rings. The van der Waals surface area contributed by atoms with Gasteiger partial charge in [-0.25, -0.2) is 0 Å². The van der Waals surface area contributed by atoms with Crippen molar-refractivity contribution in [1.29, 1.82) is 0 Å². The molecule has 11 heavy (non-hydrogen) atoms. The Morgan fingerprint density at radius 1 is 1.27 bits per heavy atom. The van der Waals surface area contributed by atoms with Crippen LogP contribution in [0.5, 0.6) is 0 Å². The topological polar surface area (TPSA) is 17.1 Å². The van der Waals surface area contributed by atoms with Crippen LogP contribution in [0, 0.1) is 0 Å². The molecule has 0 aromatic carbocycles. The van der Waals surface area contributed by atoms with Crippen molar-refractivity contribution in [3.8, 4) is 0 Å². The molecule has 0 spiro atoms. The van der Waals surface area contributed by atoms with Crippen LogP contribution in [-0.4, -0.2) is 13.5 Å². The predicted octanol–water partition coefficient (Wildman–Crippen LogP) is 3.01. The molecule has 0 saturated heterocycles. The molecule has 0 N–H and O–H groups in total. The van der Waals surface area contributed by atoms with E-state index in [1.54, 1.807) is 0 Å². The summed E-state index contributed by atoms with van der Waals surface area (Å²) in [6.45, 7) is 12.8. The maximum Gasteiger partial charge on any atom is 0.132 e. The molecule has 0 amide bonds. The fraction of sp³-hybridized carbons (Fsp3) is 0.889. The van der Waals surface area contributed by atoms with Crippen LogP contribution in [0.2, 0.25) is 18.1 Å². The Kier molecular flexibility index (Phi) is 3.06. The second kappa shape index (κ2) is 3.09. The lowest BCUT2D eigenvalue weighted by Crippen LogP contribution is -2.45. The van der Waals surface area contributed by atoms with E-state index in [0.717, 1.165) is 0 Å². The molecule has 0 aliphatic rings. The van der Waals surface area contributed by atoms with Crippen molar-refractivity contribution in [1.82, 2.24) is 0 Å². The molecule has 66 valence electrons. The van der Waals surface area contributed by atoms with E-state index in [4.69, 9.17) is 0 Å². The SMILES string of the molecule is CCC(=O)[Si](C)(C)C(C)(C)C. The molecule has 0 bridgehead atoms. The van der Waals surface area contributed by atoms with Gasteiger partial charge in [-0.05, 0) is 11.5 Å². The predicted molar refractivity (Wildman–Crippen MR) is 52.5 cm³/mol. The van der Waals surface area contributed by atoms with Gasteiger partial charge in [0.1, 0.15) is 13.5 Å². The summed E-state index contributed by atoms with van der Waals surface area (Å²) < 4.78 is 0. The number of rotatable bonds is 2. The fourth-order valence-corrected chi connectivity index (χ4v) is 2.58. The van der Waals surface area contributed by atoms with Crippen LogP contribution in [-0.2, 0) is 4.79 Å². The van der Waals surface area contributed by atoms with E-state index in [2.05, 4.69) is 33.9 Å². The van der Waals surface area contributed by atoms with Crippen molar-refractivity contribution in [2.24, 2.45) is 0 Å². The van der Waals surface area contributed by atoms with Gasteiger partial charge in [0.05, 0.1) is 0 Å². The molecule has 0 heterocycles. The first-order chi connectivity index (χ1) is 4.73. The van der Waals surface area contributed by atoms with E-state index in [0.29, 0.717) is 11.8 Å². The lowest BCUT2D eigenvalue weighted by molar-refractivity contribution is -0.112. The summed E-state index contributed by atoms with van der Waals surface area (Å²) in [5.41, 5.74) is 0. The van der Waals surface area contributed by atoms with Crippen molar-refractivity contribution in [2.75, 3.05) is 0 Å². The number of carbonyl (C=O) groups excluding carboxylic acids is 1. The maximum absolute atomic E-state index is 11.5. The molecule has 0 aromatic heterocycles. The monoisotopic (exact) mass is 172 g/mol. The third-order valence-corrected chi connectivity index (χ3v) is 8.39. The summed E-state index contributed by atoms with van der Waals surface area (Å²) in [5.74, 6) is 0. The zero-order valence-electron chi connectivity index (χ0n) is 8.62. The minimum Gasteiger partial charge on any atom is -0.305 e. The molecule has 2 heteroatoms. The van der Waals surface area contributed by atoms with Gasteiger partial charge in [0.15, 0.2) is 0 Å². The molecule has 0 aliphatic heterocycles. The van der Waals surface area contributed by atoms with Gasteiger partial charge >= 0.3 is 0 Å². The van der Waals surface area contributed by atoms with Crippen molar-refractivity contribution in [3.63, 3.8) is 0 Å². The Balaban J connectivity index is 4.59. The van der Waals surface area contributed by atoms with E-state index in [1.165, 1.54) is 0 Å². The van der Waals surface area contributed by atoms with E-state index in [9.17, 15) is 4.79 Å². The first-order valence-electron chi connectivity index (χ1n) is 4.26. The summed E-state index contributed by atoms with van der Waals surface area (Å²) in [4.78, 5) is 11.5. The van der Waals surface area contributed by atoms with Gasteiger partial charge in [0, 0.05) is 0 Å². The Hall–Kier alpha value is -0.113. The van der Waals surface area contributed by atoms with E-state index in [-0.39, 0.29) is 5.04 Å². The van der Waals surface area contributed by atoms with Gasteiger partial charge < -0.3 is 4.79 Å². The number of carbonyl (C=O) groups is 1. The first kappa shape index (κ1) is 10.9. The summed E-state index contributed by atoms with van der Waals surface area (Å²) in [5, 5.41) is 0.699. The zero-order valence-corrected chi connectivity index (χ0v) is 9.62. The van der Waals surface area contributed by atoms with Gasteiger partial charge in [-0.15, -0.1) is 0 Å². The molecule has 0 radical (unpaired) electrons. The molecule has 0 unspecified atom stereocenters. The molecule has 0 rings (SSSR count). The molecular formula is C9H20OSi. The summed E-state index contributed by atoms with van der Waals surface area (Å²) in [6, 6.07) is 0. The summed E-state index contributed by atoms with van der Waals surface area (Å²) in [6.07, 6.45) is 0.705. The quantitative estimate of drug-likeness (QED) is 0.585. The smallest absolute Gasteiger partial charge is 0.132 e. The van der Waals surface area contributed by atoms with Gasteiger partial charge in [0.25, 0.3) is 0 Å². The van der Waals surface area contributed by atoms with Gasteiger partial charge in [-0.1, -0.05) is 40.8 Å². The average Bonchev–Trinajstić information content (AvgIpc) is 1.83. The van der Waals surface area contributed by atoms with Crippen LogP contribution < -0.4 is 0 Å². The highest BCUT2D eigenvalue weighted by atomic mass is 28.3. The van der Waals surface area contributed by atoms with Crippen LogP contribution in [0.25, 0.3) is 0 Å². The van der Waals surface area contributed by atoms with Crippen LogP contribution >= 0.6 is 0 Å². The van der Waals surface area contributed by atoms with Gasteiger partial charge in [0.2, 0.25) is 0 Å². The molecular weight excluding hydrogens is 152 g/mol. The highest BCUT2D eigenvalue weighted by Gasteiger charge is 2.40. The average molecular weight is 172 g/mol. The lowest BCUT2D eigenvalue weighted by Gasteiger charge is -2.34. The van der Waals surface area contributed by atoms with E-state index < -0.39 is 8.07 Å². The largest absolute Gasteiger partial charge is 0.305 e. The molecule has 0 aliphatic carbocycles. The Morgan fingerprint density at radius 3 is 1.73 bits per heavy atom. The number of hydrogen-bond acceptors (Lipinski definition) is 1.